The number of nitrogens with zero attached hydrogens (tertiary/aromatic N) is 1. The van der Waals surface area contributed by atoms with Crippen molar-refractivity contribution < 1.29 is 50.1 Å². The molecule has 2 aromatic rings. The van der Waals surface area contributed by atoms with Gasteiger partial charge in [-0.2, -0.15) is 0 Å². The van der Waals surface area contributed by atoms with Crippen LogP contribution in [0.25, 0.3) is 10.9 Å². The predicted molar refractivity (Wildman–Crippen MR) is 140 cm³/mol. The first kappa shape index (κ1) is 35.4. The number of aliphatic carboxylic acids is 2. The zero-order valence-corrected chi connectivity index (χ0v) is 21.1. The van der Waals surface area contributed by atoms with Gasteiger partial charge in [0.2, 0.25) is 0 Å². The number of para-hydroxylation sites is 1. The molecule has 0 saturated carbocycles. The van der Waals surface area contributed by atoms with Crippen molar-refractivity contribution in [1.29, 1.82) is 0 Å². The lowest BCUT2D eigenvalue weighted by Crippen LogP contribution is -2.46. The lowest BCUT2D eigenvalue weighted by atomic mass is 10.0. The van der Waals surface area contributed by atoms with Crippen LogP contribution in [0, 0.1) is 0 Å². The molecule has 16 N–H and O–H groups in total. The van der Waals surface area contributed by atoms with Gasteiger partial charge in [0.1, 0.15) is 36.5 Å². The van der Waals surface area contributed by atoms with E-state index < -0.39 is 55.0 Å². The minimum atomic E-state index is -1.79. The second kappa shape index (κ2) is 18.6. The molecule has 39 heavy (non-hydrogen) atoms. The van der Waals surface area contributed by atoms with E-state index in [0.29, 0.717) is 25.8 Å². The highest BCUT2D eigenvalue weighted by Crippen LogP contribution is 2.18. The Kier molecular flexibility index (Phi) is 16.9. The summed E-state index contributed by atoms with van der Waals surface area (Å²) in [5, 5.41) is 61.7. The Morgan fingerprint density at radius 3 is 2.08 bits per heavy atom. The van der Waals surface area contributed by atoms with Gasteiger partial charge in [0, 0.05) is 30.1 Å². The number of aromatic nitrogens is 1. The number of aliphatic imine (C=N–C) groups is 1. The molecule has 0 aliphatic carbocycles. The Morgan fingerprint density at radius 1 is 0.974 bits per heavy atom. The predicted octanol–water partition coefficient (Wildman–Crippen LogP) is -3.80. The summed E-state index contributed by atoms with van der Waals surface area (Å²) >= 11 is 0. The molecular formula is C23H38N6O10. The molecule has 0 aliphatic rings. The number of aliphatic hydroxyl groups is 5. The van der Waals surface area contributed by atoms with Gasteiger partial charge in [0.25, 0.3) is 0 Å². The summed E-state index contributed by atoms with van der Waals surface area (Å²) in [6, 6.07) is 6.09. The fourth-order valence-electron chi connectivity index (χ4n) is 2.89. The highest BCUT2D eigenvalue weighted by molar-refractivity contribution is 5.84. The largest absolute Gasteiger partial charge is 0.480 e. The van der Waals surface area contributed by atoms with Crippen LogP contribution in [0.2, 0.25) is 0 Å². The van der Waals surface area contributed by atoms with Crippen molar-refractivity contribution in [3.63, 3.8) is 0 Å². The Hall–Kier alpha value is -3.64. The number of carboxylic acids is 2. The first-order valence-electron chi connectivity index (χ1n) is 11.6. The van der Waals surface area contributed by atoms with E-state index in [1.807, 2.05) is 30.5 Å². The van der Waals surface area contributed by atoms with E-state index in [9.17, 15) is 14.4 Å². The van der Waals surface area contributed by atoms with Crippen LogP contribution in [-0.4, -0.2) is 115 Å². The molecular weight excluding hydrogens is 520 g/mol. The Balaban J connectivity index is 0.000000563. The van der Waals surface area contributed by atoms with E-state index in [4.69, 9.17) is 58.7 Å². The van der Waals surface area contributed by atoms with Gasteiger partial charge >= 0.3 is 11.9 Å². The SMILES string of the molecule is NC(Cc1c[nH]c2ccccc12)C(=O)O.NC(N)=NCCCC(N)C(=O)O.O=CC(O)C(O)C(O)C(O)CO. The summed E-state index contributed by atoms with van der Waals surface area (Å²) in [6.45, 7) is -0.340. The number of carboxylic acid groups (broad SMARTS) is 2. The summed E-state index contributed by atoms with van der Waals surface area (Å²) in [4.78, 5) is 37.5. The number of aliphatic hydroxyl groups excluding tert-OH is 5. The quantitative estimate of drug-likeness (QED) is 0.0485. The normalized spacial score (nSPS) is 15.2. The molecule has 220 valence electrons. The summed E-state index contributed by atoms with van der Waals surface area (Å²) in [7, 11) is 0. The van der Waals surface area contributed by atoms with Crippen molar-refractivity contribution in [2.45, 2.75) is 55.8 Å². The molecule has 0 aliphatic heterocycles. The van der Waals surface area contributed by atoms with Crippen molar-refractivity contribution >= 4 is 35.1 Å². The number of aldehydes is 1. The molecule has 1 heterocycles. The van der Waals surface area contributed by atoms with Gasteiger partial charge in [-0.05, 0) is 24.5 Å². The number of rotatable bonds is 13. The second-order valence-electron chi connectivity index (χ2n) is 8.26. The average molecular weight is 559 g/mol. The van der Waals surface area contributed by atoms with Crippen LogP contribution >= 0.6 is 0 Å². The lowest BCUT2D eigenvalue weighted by Gasteiger charge is -2.22. The maximum absolute atomic E-state index is 10.6. The third-order valence-corrected chi connectivity index (χ3v) is 5.14. The summed E-state index contributed by atoms with van der Waals surface area (Å²) in [5.74, 6) is -1.96. The molecule has 1 aromatic carbocycles. The summed E-state index contributed by atoms with van der Waals surface area (Å²) in [6.07, 6.45) is -3.72. The first-order chi connectivity index (χ1) is 18.3. The molecule has 16 heteroatoms. The molecule has 1 aromatic heterocycles. The highest BCUT2D eigenvalue weighted by atomic mass is 16.4. The van der Waals surface area contributed by atoms with Crippen LogP contribution < -0.4 is 22.9 Å². The number of benzene rings is 1. The molecule has 2 rings (SSSR count). The van der Waals surface area contributed by atoms with E-state index in [0.717, 1.165) is 16.5 Å². The first-order valence-corrected chi connectivity index (χ1v) is 11.6. The Labute approximate surface area is 223 Å². The molecule has 0 fully saturated rings. The smallest absolute Gasteiger partial charge is 0.320 e. The monoisotopic (exact) mass is 558 g/mol. The van der Waals surface area contributed by atoms with Crippen molar-refractivity contribution in [3.05, 3.63) is 36.0 Å². The van der Waals surface area contributed by atoms with E-state index >= 15 is 0 Å². The molecule has 6 atom stereocenters. The van der Waals surface area contributed by atoms with E-state index in [1.54, 1.807) is 0 Å². The van der Waals surface area contributed by atoms with Crippen molar-refractivity contribution in [1.82, 2.24) is 4.98 Å². The fraction of sp³-hybridized carbons (Fsp3) is 0.478. The number of carbonyl (C=O) groups is 3. The number of nitrogens with two attached hydrogens (primary N) is 4. The van der Waals surface area contributed by atoms with E-state index in [2.05, 4.69) is 9.98 Å². The van der Waals surface area contributed by atoms with Crippen LogP contribution in [0.1, 0.15) is 18.4 Å². The number of carbonyl (C=O) groups excluding carboxylic acids is 1. The van der Waals surface area contributed by atoms with Gasteiger partial charge in [-0.1, -0.05) is 18.2 Å². The topological polar surface area (TPSA) is 325 Å². The molecule has 0 saturated heterocycles. The van der Waals surface area contributed by atoms with Crippen LogP contribution in [0.5, 0.6) is 0 Å². The molecule has 0 bridgehead atoms. The number of fused-ring (bicyclic) bond motifs is 1. The number of hydrogen-bond donors (Lipinski definition) is 12. The highest BCUT2D eigenvalue weighted by Gasteiger charge is 2.29. The standard InChI is InChI=1S/C11H12N2O2.C6H14N4O2.C6H12O6/c12-9(11(14)15)5-7-6-13-10-4-2-1-3-8(7)10;7-4(5(11)12)2-1-3-10-6(8)9;7-1-3(9)5(11)6(12)4(10)2-8/h1-4,6,9,13H,5,12H2,(H,14,15);4H,1-3,7H2,(H,11,12)(H4,8,9,10);1,3-6,8-12H,2H2. The molecule has 6 unspecified atom stereocenters. The minimum absolute atomic E-state index is 0.0129. The van der Waals surface area contributed by atoms with Gasteiger partial charge in [-0.15, -0.1) is 0 Å². The van der Waals surface area contributed by atoms with Crippen LogP contribution in [0.4, 0.5) is 0 Å². The second-order valence-corrected chi connectivity index (χ2v) is 8.26. The van der Waals surface area contributed by atoms with E-state index in [1.165, 1.54) is 0 Å². The van der Waals surface area contributed by atoms with Gasteiger partial charge in [-0.3, -0.25) is 14.6 Å². The summed E-state index contributed by atoms with van der Waals surface area (Å²) in [5.41, 5.74) is 22.8. The van der Waals surface area contributed by atoms with Crippen LogP contribution in [0.15, 0.2) is 35.5 Å². The van der Waals surface area contributed by atoms with Crippen LogP contribution in [-0.2, 0) is 20.8 Å². The number of nitrogens with one attached hydrogen (secondary N) is 1. The van der Waals surface area contributed by atoms with Gasteiger partial charge in [-0.25, -0.2) is 0 Å². The van der Waals surface area contributed by atoms with Gasteiger partial charge in [0.05, 0.1) is 6.61 Å². The van der Waals surface area contributed by atoms with Gasteiger partial charge in [0.15, 0.2) is 12.2 Å². The number of aromatic amines is 1. The van der Waals surface area contributed by atoms with E-state index in [-0.39, 0.29) is 12.2 Å². The molecule has 0 amide bonds. The molecule has 0 radical (unpaired) electrons. The Bertz CT molecular complexity index is 1050. The molecule has 0 spiro atoms. The third kappa shape index (κ3) is 13.6. The van der Waals surface area contributed by atoms with Gasteiger partial charge < -0.3 is 68.5 Å². The maximum Gasteiger partial charge on any atom is 0.320 e. The zero-order chi connectivity index (χ0) is 30.1. The fourth-order valence-corrected chi connectivity index (χ4v) is 2.89. The minimum Gasteiger partial charge on any atom is -0.480 e. The number of H-pyrrole nitrogens is 1. The number of guanidine groups is 1. The zero-order valence-electron chi connectivity index (χ0n) is 21.1. The Morgan fingerprint density at radius 2 is 1.56 bits per heavy atom. The molecule has 16 nitrogen and oxygen atoms in total. The van der Waals surface area contributed by atoms with Crippen molar-refractivity contribution in [3.8, 4) is 0 Å². The third-order valence-electron chi connectivity index (χ3n) is 5.14. The number of hydrogen-bond acceptors (Lipinski definition) is 11. The van der Waals surface area contributed by atoms with Crippen LogP contribution in [0.3, 0.4) is 0 Å². The average Bonchev–Trinajstić information content (AvgIpc) is 3.32. The maximum atomic E-state index is 10.6. The lowest BCUT2D eigenvalue weighted by molar-refractivity contribution is -0.139. The summed E-state index contributed by atoms with van der Waals surface area (Å²) < 4.78 is 0. The van der Waals surface area contributed by atoms with Crippen molar-refractivity contribution in [2.75, 3.05) is 13.2 Å². The van der Waals surface area contributed by atoms with Crippen molar-refractivity contribution in [2.24, 2.45) is 27.9 Å².